The van der Waals surface area contributed by atoms with Gasteiger partial charge in [-0.3, -0.25) is 0 Å². The molecular weight excluding hydrogens is 133 g/mol. The maximum Gasteiger partial charge on any atom is 0.208 e. The summed E-state index contributed by atoms with van der Waals surface area (Å²) in [6, 6.07) is 0. The maximum atomic E-state index is 2.42. The molecule has 1 aliphatic rings. The van der Waals surface area contributed by atoms with Crippen molar-refractivity contribution < 1.29 is 4.39 Å². The maximum absolute atomic E-state index is 2.42. The highest BCUT2D eigenvalue weighted by Crippen LogP contribution is 2.36. The summed E-state index contributed by atoms with van der Waals surface area (Å²) in [5, 5.41) is 0. The first kappa shape index (κ1) is 9.12. The average Bonchev–Trinajstić information content (AvgIpc) is 2.26. The second-order valence-electron chi connectivity index (χ2n) is 4.87. The van der Waals surface area contributed by atoms with Crippen LogP contribution in [0.5, 0.6) is 0 Å². The summed E-state index contributed by atoms with van der Waals surface area (Å²) < 4.78 is 1.31. The minimum Gasteiger partial charge on any atom is -0.520 e. The molecule has 0 saturated carbocycles. The van der Waals surface area contributed by atoms with Crippen LogP contribution in [-0.4, -0.2) is 31.3 Å². The molecule has 0 aromatic heterocycles. The van der Waals surface area contributed by atoms with Crippen molar-refractivity contribution in [1.29, 1.82) is 0 Å². The van der Waals surface area contributed by atoms with Crippen molar-refractivity contribution in [2.24, 2.45) is 0 Å². The molecule has 1 fully saturated rings. The van der Waals surface area contributed by atoms with Crippen molar-refractivity contribution in [3.63, 3.8) is 0 Å². The standard InChI is InChI=1S/C9H22BN/c1-5-10(6-2)8-7-9-11(10,3)4/h5-9H2,1-4H3. The van der Waals surface area contributed by atoms with Crippen molar-refractivity contribution in [1.82, 2.24) is 0 Å². The lowest BCUT2D eigenvalue weighted by atomic mass is 9.29. The second kappa shape index (κ2) is 2.82. The van der Waals surface area contributed by atoms with Crippen molar-refractivity contribution in [2.75, 3.05) is 20.6 Å². The molecule has 0 aromatic carbocycles. The van der Waals surface area contributed by atoms with Crippen LogP contribution < -0.4 is 0 Å². The zero-order chi connectivity index (χ0) is 8.54. The summed E-state index contributed by atoms with van der Waals surface area (Å²) in [5.41, 5.74) is 0. The molecule has 0 amide bonds. The fraction of sp³-hybridized carbons (Fsp3) is 1.00. The van der Waals surface area contributed by atoms with E-state index in [0.717, 1.165) is 0 Å². The van der Waals surface area contributed by atoms with Gasteiger partial charge in [0.15, 0.2) is 0 Å². The van der Waals surface area contributed by atoms with Crippen LogP contribution in [0.4, 0.5) is 0 Å². The SMILES string of the molecule is CC[B-]1(CC)CCC[N+]1(C)C. The molecule has 1 nitrogen and oxygen atoms in total. The normalized spacial score (nSPS) is 27.3. The zero-order valence-corrected chi connectivity index (χ0v) is 8.56. The van der Waals surface area contributed by atoms with Gasteiger partial charge >= 0.3 is 0 Å². The van der Waals surface area contributed by atoms with Gasteiger partial charge in [-0.25, -0.2) is 0 Å². The highest BCUT2D eigenvalue weighted by Gasteiger charge is 2.42. The molecular formula is C9H22BN. The van der Waals surface area contributed by atoms with Crippen molar-refractivity contribution >= 4 is 6.28 Å². The van der Waals surface area contributed by atoms with E-state index in [2.05, 4.69) is 27.9 Å². The Balaban J connectivity index is 2.81. The molecule has 1 aliphatic heterocycles. The predicted octanol–water partition coefficient (Wildman–Crippen LogP) is 2.45. The molecule has 2 heteroatoms. The van der Waals surface area contributed by atoms with Gasteiger partial charge < -0.3 is 4.39 Å². The average molecular weight is 155 g/mol. The fourth-order valence-electron chi connectivity index (χ4n) is 3.19. The van der Waals surface area contributed by atoms with Gasteiger partial charge in [0.05, 0.1) is 0 Å². The Hall–Kier alpha value is 0.0249. The minimum absolute atomic E-state index is 0.0556. The molecule has 0 radical (unpaired) electrons. The van der Waals surface area contributed by atoms with E-state index in [1.807, 2.05) is 0 Å². The number of hydrogen-bond donors (Lipinski definition) is 0. The Morgan fingerprint density at radius 1 is 1.18 bits per heavy atom. The minimum atomic E-state index is -0.0556. The largest absolute Gasteiger partial charge is 0.520 e. The van der Waals surface area contributed by atoms with Gasteiger partial charge in [0.25, 0.3) is 0 Å². The van der Waals surface area contributed by atoms with Gasteiger partial charge in [-0.05, 0) is 6.42 Å². The summed E-state index contributed by atoms with van der Waals surface area (Å²) in [6.07, 6.45) is 5.71. The fourth-order valence-corrected chi connectivity index (χ4v) is 3.19. The Morgan fingerprint density at radius 2 is 1.73 bits per heavy atom. The van der Waals surface area contributed by atoms with Crippen LogP contribution in [-0.2, 0) is 0 Å². The topological polar surface area (TPSA) is 0 Å². The van der Waals surface area contributed by atoms with Gasteiger partial charge in [0.1, 0.15) is 0 Å². The highest BCUT2D eigenvalue weighted by molar-refractivity contribution is 6.73. The summed E-state index contributed by atoms with van der Waals surface area (Å²) in [4.78, 5) is 0. The lowest BCUT2D eigenvalue weighted by Gasteiger charge is -2.50. The third kappa shape index (κ3) is 1.22. The molecule has 0 unspecified atom stereocenters. The van der Waals surface area contributed by atoms with Gasteiger partial charge in [-0.1, -0.05) is 13.8 Å². The third-order valence-corrected chi connectivity index (χ3v) is 4.48. The molecule has 1 rings (SSSR count). The van der Waals surface area contributed by atoms with Crippen LogP contribution in [0.3, 0.4) is 0 Å². The van der Waals surface area contributed by atoms with E-state index in [1.165, 1.54) is 36.3 Å². The first-order valence-corrected chi connectivity index (χ1v) is 5.11. The number of rotatable bonds is 2. The van der Waals surface area contributed by atoms with Crippen molar-refractivity contribution in [2.45, 2.75) is 39.2 Å². The molecule has 0 spiro atoms. The Kier molecular flexibility index (Phi) is 2.33. The molecule has 0 aromatic rings. The first-order valence-electron chi connectivity index (χ1n) is 5.11. The zero-order valence-electron chi connectivity index (χ0n) is 8.56. The quantitative estimate of drug-likeness (QED) is 0.537. The molecule has 0 bridgehead atoms. The summed E-state index contributed by atoms with van der Waals surface area (Å²) in [7, 11) is 4.83. The summed E-state index contributed by atoms with van der Waals surface area (Å²) >= 11 is 0. The van der Waals surface area contributed by atoms with Gasteiger partial charge in [-0.2, -0.15) is 0 Å². The first-order chi connectivity index (χ1) is 5.08. The van der Waals surface area contributed by atoms with Gasteiger partial charge in [-0.15, -0.1) is 19.0 Å². The lowest BCUT2D eigenvalue weighted by molar-refractivity contribution is -0.784. The summed E-state index contributed by atoms with van der Waals surface area (Å²) in [6.45, 7) is 6.14. The van der Waals surface area contributed by atoms with E-state index in [9.17, 15) is 0 Å². The molecule has 11 heavy (non-hydrogen) atoms. The number of hydrogen-bond acceptors (Lipinski definition) is 0. The van der Waals surface area contributed by atoms with Crippen LogP contribution >= 0.6 is 0 Å². The number of quaternary nitrogens is 1. The number of nitrogens with zero attached hydrogens (tertiary/aromatic N) is 1. The Labute approximate surface area is 71.3 Å². The van der Waals surface area contributed by atoms with Gasteiger partial charge in [0, 0.05) is 20.6 Å². The molecule has 0 N–H and O–H groups in total. The molecule has 1 heterocycles. The molecule has 0 atom stereocenters. The lowest BCUT2D eigenvalue weighted by Crippen LogP contribution is -2.58. The van der Waals surface area contributed by atoms with E-state index >= 15 is 0 Å². The second-order valence-corrected chi connectivity index (χ2v) is 4.87. The van der Waals surface area contributed by atoms with E-state index in [0.29, 0.717) is 0 Å². The molecule has 66 valence electrons. The Morgan fingerprint density at radius 3 is 1.91 bits per heavy atom. The van der Waals surface area contributed by atoms with Crippen LogP contribution in [0.2, 0.25) is 19.0 Å². The molecule has 1 saturated heterocycles. The van der Waals surface area contributed by atoms with Crippen LogP contribution in [0.25, 0.3) is 0 Å². The Bertz CT molecular complexity index is 138. The van der Waals surface area contributed by atoms with E-state index in [4.69, 9.17) is 0 Å². The smallest absolute Gasteiger partial charge is 0.208 e. The van der Waals surface area contributed by atoms with Gasteiger partial charge in [0.2, 0.25) is 6.28 Å². The van der Waals surface area contributed by atoms with Crippen molar-refractivity contribution in [3.8, 4) is 0 Å². The van der Waals surface area contributed by atoms with Crippen LogP contribution in [0, 0.1) is 0 Å². The van der Waals surface area contributed by atoms with Crippen LogP contribution in [0.15, 0.2) is 0 Å². The highest BCUT2D eigenvalue weighted by atomic mass is 15.3. The predicted molar refractivity (Wildman–Crippen MR) is 53.1 cm³/mol. The molecule has 0 aliphatic carbocycles. The van der Waals surface area contributed by atoms with E-state index < -0.39 is 0 Å². The summed E-state index contributed by atoms with van der Waals surface area (Å²) in [5.74, 6) is 0. The third-order valence-electron chi connectivity index (χ3n) is 4.48. The monoisotopic (exact) mass is 155 g/mol. The van der Waals surface area contributed by atoms with E-state index in [1.54, 1.807) is 0 Å². The van der Waals surface area contributed by atoms with E-state index in [-0.39, 0.29) is 6.28 Å². The van der Waals surface area contributed by atoms with Crippen molar-refractivity contribution in [3.05, 3.63) is 0 Å². The van der Waals surface area contributed by atoms with Crippen LogP contribution in [0.1, 0.15) is 20.3 Å².